The second kappa shape index (κ2) is 39.1. The zero-order chi connectivity index (χ0) is 64.4. The van der Waals surface area contributed by atoms with Crippen LogP contribution in [0.3, 0.4) is 0 Å². The summed E-state index contributed by atoms with van der Waals surface area (Å²) in [6.45, 7) is 7.82. The van der Waals surface area contributed by atoms with Crippen LogP contribution < -0.4 is 32.3 Å². The number of hydrogen-bond acceptors (Lipinski definition) is 15. The summed E-state index contributed by atoms with van der Waals surface area (Å²) in [5.74, 6) is -6.63. The fraction of sp³-hybridized carbons (Fsp3) is 0.483. The van der Waals surface area contributed by atoms with Crippen LogP contribution in [-0.2, 0) is 64.1 Å². The number of carbonyl (C=O) groups excluding carboxylic acids is 11. The average Bonchev–Trinajstić information content (AvgIpc) is 3.86. The van der Waals surface area contributed by atoms with Crippen molar-refractivity contribution in [2.24, 2.45) is 11.1 Å². The van der Waals surface area contributed by atoms with Crippen molar-refractivity contribution >= 4 is 71.7 Å². The standard InChI is InChI=1S/C38H49F2N7O7.C16H23N3O5.C3H6O2.CH4O/c1-38(2,3)35(31-18-25(27-19-26(39)10-11-28(27)40)22-46(31)21-24-8-6-5-7-9-24)47(34(52)23-49)16-13-29(45-37(54)30(42-4)20-32(41)50)36(53)44-14-12-33(51)43-15-17-48;1-12(11-20)18(2)16(24)10-17-13(21)6-4-3-5-9-19-14(22)7-8-15(19)23;1-2-3(4)5;1-2/h5-11,17-19,22,29-30,35,42,49H,12-16,20-21,23H2,1-4H3,(H2,41,50)(H,43,51)(H,44,53)(H,45,54);7-8,11-12H,3-6,9-10H2,1-2H3,(H,17,21);2H2,1H3,(H,4,5);2H,1H3. The van der Waals surface area contributed by atoms with Crippen LogP contribution in [-0.4, -0.2) is 185 Å². The molecule has 0 bridgehead atoms. The number of carboxylic acids is 1. The van der Waals surface area contributed by atoms with Gasteiger partial charge in [-0.25, -0.2) is 8.78 Å². The highest BCUT2D eigenvalue weighted by Gasteiger charge is 2.38. The van der Waals surface area contributed by atoms with Gasteiger partial charge in [0.2, 0.25) is 41.4 Å². The van der Waals surface area contributed by atoms with Gasteiger partial charge in [-0.15, -0.1) is 0 Å². The van der Waals surface area contributed by atoms with Crippen molar-refractivity contribution in [1.29, 1.82) is 0 Å². The van der Waals surface area contributed by atoms with E-state index in [4.69, 9.17) is 15.9 Å². The Morgan fingerprint density at radius 2 is 1.45 bits per heavy atom. The first kappa shape index (κ1) is 74.5. The number of halogens is 2. The fourth-order valence-corrected chi connectivity index (χ4v) is 8.19. The molecule has 27 heteroatoms. The molecule has 1 aromatic heterocycles. The van der Waals surface area contributed by atoms with Crippen LogP contribution in [0, 0.1) is 17.0 Å². The number of aliphatic hydroxyl groups excluding tert-OH is 2. The van der Waals surface area contributed by atoms with Crippen molar-refractivity contribution in [3.8, 4) is 11.1 Å². The molecular formula is C58H82F2N10O15. The SMILES string of the molecule is CC(C=O)N(C)C(=O)CNC(=O)CCCCCN1C(=O)C=CC1=O.CCC(=O)O.CNC(CC(N)=O)C(=O)NC(CCN(C(=O)CO)C(c1cc(-c2cc(F)ccc2F)cn1Cc1ccccc1)C(C)(C)C)C(=O)NCCC(=O)NCC=O.CO. The van der Waals surface area contributed by atoms with Gasteiger partial charge in [0, 0.05) is 94.8 Å². The molecule has 2 heterocycles. The Morgan fingerprint density at radius 3 is 2.00 bits per heavy atom. The van der Waals surface area contributed by atoms with Crippen LogP contribution >= 0.6 is 0 Å². The highest BCUT2D eigenvalue weighted by Crippen LogP contribution is 2.41. The summed E-state index contributed by atoms with van der Waals surface area (Å²) in [6, 6.07) is 10.4. The molecule has 0 saturated heterocycles. The van der Waals surface area contributed by atoms with Crippen LogP contribution in [0.5, 0.6) is 0 Å². The van der Waals surface area contributed by atoms with E-state index in [2.05, 4.69) is 26.6 Å². The van der Waals surface area contributed by atoms with Gasteiger partial charge in [0.15, 0.2) is 0 Å². The van der Waals surface area contributed by atoms with Crippen LogP contribution in [0.4, 0.5) is 8.78 Å². The number of nitrogens with one attached hydrogen (secondary N) is 5. The first-order valence-corrected chi connectivity index (χ1v) is 27.2. The minimum absolute atomic E-state index is 0.00472. The lowest BCUT2D eigenvalue weighted by Crippen LogP contribution is -2.54. The third-order valence-corrected chi connectivity index (χ3v) is 12.8. The van der Waals surface area contributed by atoms with Crippen molar-refractivity contribution in [2.45, 2.75) is 117 Å². The van der Waals surface area contributed by atoms with E-state index < -0.39 is 83.3 Å². The molecule has 1 aliphatic heterocycles. The summed E-state index contributed by atoms with van der Waals surface area (Å²) in [5.41, 5.74) is 6.30. The van der Waals surface area contributed by atoms with E-state index in [1.807, 2.05) is 55.7 Å². The molecule has 9 amide bonds. The zero-order valence-electron chi connectivity index (χ0n) is 49.4. The van der Waals surface area contributed by atoms with E-state index in [0.717, 1.165) is 30.9 Å². The van der Waals surface area contributed by atoms with Crippen LogP contribution in [0.2, 0.25) is 0 Å². The smallest absolute Gasteiger partial charge is 0.303 e. The van der Waals surface area contributed by atoms with Gasteiger partial charge in [-0.2, -0.15) is 0 Å². The molecule has 0 radical (unpaired) electrons. The largest absolute Gasteiger partial charge is 0.481 e. The number of benzene rings is 2. The summed E-state index contributed by atoms with van der Waals surface area (Å²) in [4.78, 5) is 144. The van der Waals surface area contributed by atoms with Gasteiger partial charge in [-0.3, -0.25) is 52.8 Å². The summed E-state index contributed by atoms with van der Waals surface area (Å²) < 4.78 is 31.3. The first-order chi connectivity index (χ1) is 40.2. The number of aldehydes is 2. The summed E-state index contributed by atoms with van der Waals surface area (Å²) in [7, 11) is 3.94. The number of carbonyl (C=O) groups is 12. The molecule has 4 unspecified atom stereocenters. The topological polar surface area (TPSA) is 366 Å². The van der Waals surface area contributed by atoms with Gasteiger partial charge >= 0.3 is 5.97 Å². The van der Waals surface area contributed by atoms with E-state index in [9.17, 15) is 67.0 Å². The Balaban J connectivity index is 0.000000961. The maximum atomic E-state index is 15.1. The van der Waals surface area contributed by atoms with E-state index in [1.165, 1.54) is 40.9 Å². The Morgan fingerprint density at radius 1 is 0.824 bits per heavy atom. The molecule has 25 nitrogen and oxygen atoms in total. The number of aliphatic carboxylic acids is 1. The molecule has 4 atom stereocenters. The highest BCUT2D eigenvalue weighted by atomic mass is 19.1. The monoisotopic (exact) mass is 1200 g/mol. The summed E-state index contributed by atoms with van der Waals surface area (Å²) in [6.07, 6.45) is 7.00. The third kappa shape index (κ3) is 26.7. The molecular weight excluding hydrogens is 1110 g/mol. The fourth-order valence-electron chi connectivity index (χ4n) is 8.19. The number of rotatable bonds is 31. The number of amides is 9. The number of primary amides is 1. The van der Waals surface area contributed by atoms with Gasteiger partial charge in [-0.05, 0) is 68.5 Å². The number of aliphatic hydroxyl groups is 2. The maximum absolute atomic E-state index is 15.1. The van der Waals surface area contributed by atoms with Crippen LogP contribution in [0.1, 0.15) is 103 Å². The van der Waals surface area contributed by atoms with E-state index in [0.29, 0.717) is 49.6 Å². The number of nitrogens with two attached hydrogens (primary N) is 1. The lowest BCUT2D eigenvalue weighted by atomic mass is 9.82. The van der Waals surface area contributed by atoms with Crippen LogP contribution in [0.25, 0.3) is 11.1 Å². The first-order valence-electron chi connectivity index (χ1n) is 27.2. The lowest BCUT2D eigenvalue weighted by Gasteiger charge is -2.41. The average molecular weight is 1200 g/mol. The summed E-state index contributed by atoms with van der Waals surface area (Å²) in [5, 5.41) is 37.7. The Labute approximate surface area is 493 Å². The normalized spacial score (nSPS) is 12.9. The number of unbranched alkanes of at least 4 members (excludes halogenated alkanes) is 2. The second-order valence-electron chi connectivity index (χ2n) is 20.2. The molecule has 0 saturated carbocycles. The van der Waals surface area contributed by atoms with Gasteiger partial charge in [-0.1, -0.05) is 64.4 Å². The Hall–Kier alpha value is -8.56. The molecule has 2 aromatic carbocycles. The highest BCUT2D eigenvalue weighted by molar-refractivity contribution is 6.12. The second-order valence-corrected chi connectivity index (χ2v) is 20.2. The van der Waals surface area contributed by atoms with E-state index in [-0.39, 0.29) is 94.0 Å². The van der Waals surface area contributed by atoms with Crippen molar-refractivity contribution in [3.63, 3.8) is 0 Å². The summed E-state index contributed by atoms with van der Waals surface area (Å²) >= 11 is 0. The van der Waals surface area contributed by atoms with Crippen molar-refractivity contribution in [1.82, 2.24) is 45.9 Å². The van der Waals surface area contributed by atoms with Gasteiger partial charge in [0.05, 0.1) is 37.6 Å². The van der Waals surface area contributed by atoms with E-state index >= 15 is 4.39 Å². The molecule has 85 heavy (non-hydrogen) atoms. The van der Waals surface area contributed by atoms with Crippen molar-refractivity contribution in [2.75, 3.05) is 60.5 Å². The van der Waals surface area contributed by atoms with Crippen LogP contribution in [0.15, 0.2) is 72.9 Å². The van der Waals surface area contributed by atoms with E-state index in [1.54, 1.807) is 26.1 Å². The van der Waals surface area contributed by atoms with Crippen molar-refractivity contribution < 1.29 is 81.6 Å². The number of nitrogens with zero attached hydrogens (tertiary/aromatic N) is 4. The Bertz CT molecular complexity index is 2740. The zero-order valence-corrected chi connectivity index (χ0v) is 49.4. The number of hydrogen-bond donors (Lipinski definition) is 9. The lowest BCUT2D eigenvalue weighted by molar-refractivity contribution is -0.140. The molecule has 10 N–H and O–H groups in total. The van der Waals surface area contributed by atoms with Gasteiger partial charge < -0.3 is 71.6 Å². The molecule has 0 aliphatic carbocycles. The number of imide groups is 1. The quantitative estimate of drug-likeness (QED) is 0.0249. The molecule has 4 rings (SSSR count). The maximum Gasteiger partial charge on any atom is 0.303 e. The molecule has 1 aliphatic rings. The predicted octanol–water partition coefficient (Wildman–Crippen LogP) is 1.27. The molecule has 468 valence electrons. The minimum atomic E-state index is -1.30. The number of carboxylic acid groups (broad SMARTS) is 1. The van der Waals surface area contributed by atoms with Crippen molar-refractivity contribution in [3.05, 3.63) is 95.8 Å². The predicted molar refractivity (Wildman–Crippen MR) is 308 cm³/mol. The van der Waals surface area contributed by atoms with Gasteiger partial charge in [0.1, 0.15) is 36.9 Å². The Kier molecular flexibility index (Phi) is 34.2. The third-order valence-electron chi connectivity index (χ3n) is 12.8. The minimum Gasteiger partial charge on any atom is -0.481 e. The molecule has 0 spiro atoms. The molecule has 0 fully saturated rings. The number of aromatic nitrogens is 1. The number of likely N-dealkylation sites (N-methyl/N-ethyl adjacent to an activating group) is 2. The molecule has 3 aromatic rings. The van der Waals surface area contributed by atoms with Gasteiger partial charge in [0.25, 0.3) is 11.8 Å².